The van der Waals surface area contributed by atoms with Gasteiger partial charge in [-0.2, -0.15) is 5.10 Å². The summed E-state index contributed by atoms with van der Waals surface area (Å²) in [6.45, 7) is 0. The maximum atomic E-state index is 13.5. The molecule has 2 rings (SSSR count). The molecule has 0 saturated carbocycles. The molecule has 21 heavy (non-hydrogen) atoms. The summed E-state index contributed by atoms with van der Waals surface area (Å²) in [5.41, 5.74) is 3.05. The van der Waals surface area contributed by atoms with E-state index in [0.29, 0.717) is 11.3 Å². The van der Waals surface area contributed by atoms with Crippen molar-refractivity contribution in [1.82, 2.24) is 5.43 Å². The van der Waals surface area contributed by atoms with Gasteiger partial charge >= 0.3 is 0 Å². The molecule has 0 bridgehead atoms. The number of methoxy groups -OCH3 is 1. The van der Waals surface area contributed by atoms with Crippen LogP contribution in [0.2, 0.25) is 0 Å². The molecule has 0 spiro atoms. The van der Waals surface area contributed by atoms with E-state index in [4.69, 9.17) is 4.74 Å². The largest absolute Gasteiger partial charge is 0.497 e. The number of ether oxygens (including phenoxy) is 1. The summed E-state index contributed by atoms with van der Waals surface area (Å²) in [5, 5.41) is 3.75. The first kappa shape index (κ1) is 15.2. The Hall–Kier alpha value is -2.21. The molecule has 2 aromatic carbocycles. The first-order chi connectivity index (χ1) is 10.1. The van der Waals surface area contributed by atoms with Gasteiger partial charge in [0.15, 0.2) is 0 Å². The highest BCUT2D eigenvalue weighted by Crippen LogP contribution is 2.14. The van der Waals surface area contributed by atoms with E-state index in [0.717, 1.165) is 4.47 Å². The van der Waals surface area contributed by atoms with Gasteiger partial charge in [-0.3, -0.25) is 4.79 Å². The number of hydrogen-bond donors (Lipinski definition) is 1. The molecular formula is C15H12BrFN2O2. The number of hydrogen-bond acceptors (Lipinski definition) is 3. The highest BCUT2D eigenvalue weighted by molar-refractivity contribution is 9.10. The normalized spacial score (nSPS) is 10.6. The summed E-state index contributed by atoms with van der Waals surface area (Å²) in [6.07, 6.45) is 1.25. The van der Waals surface area contributed by atoms with Crippen LogP contribution in [-0.4, -0.2) is 19.2 Å². The molecule has 0 aromatic heterocycles. The third-order valence-corrected chi connectivity index (χ3v) is 3.17. The summed E-state index contributed by atoms with van der Waals surface area (Å²) in [6, 6.07) is 11.0. The van der Waals surface area contributed by atoms with Crippen molar-refractivity contribution in [2.24, 2.45) is 5.10 Å². The van der Waals surface area contributed by atoms with Crippen molar-refractivity contribution in [3.05, 3.63) is 63.9 Å². The highest BCUT2D eigenvalue weighted by atomic mass is 79.9. The van der Waals surface area contributed by atoms with E-state index >= 15 is 0 Å². The van der Waals surface area contributed by atoms with E-state index in [1.165, 1.54) is 12.3 Å². The molecule has 0 atom stereocenters. The summed E-state index contributed by atoms with van der Waals surface area (Å²) >= 11 is 3.24. The predicted molar refractivity (Wildman–Crippen MR) is 82.2 cm³/mol. The smallest absolute Gasteiger partial charge is 0.271 e. The number of carbonyl (C=O) groups excluding carboxylic acids is 1. The fraction of sp³-hybridized carbons (Fsp3) is 0.0667. The van der Waals surface area contributed by atoms with Crippen LogP contribution in [0, 0.1) is 5.82 Å². The van der Waals surface area contributed by atoms with Gasteiger partial charge in [0.25, 0.3) is 5.91 Å². The molecular weight excluding hydrogens is 339 g/mol. The van der Waals surface area contributed by atoms with Gasteiger partial charge in [0.2, 0.25) is 0 Å². The van der Waals surface area contributed by atoms with E-state index in [1.807, 2.05) is 0 Å². The quantitative estimate of drug-likeness (QED) is 0.678. The first-order valence-corrected chi connectivity index (χ1v) is 6.82. The van der Waals surface area contributed by atoms with E-state index in [-0.39, 0.29) is 11.5 Å². The van der Waals surface area contributed by atoms with E-state index in [9.17, 15) is 9.18 Å². The monoisotopic (exact) mass is 350 g/mol. The van der Waals surface area contributed by atoms with E-state index in [1.54, 1.807) is 43.5 Å². The molecule has 0 unspecified atom stereocenters. The Balaban J connectivity index is 2.02. The highest BCUT2D eigenvalue weighted by Gasteiger charge is 2.04. The topological polar surface area (TPSA) is 50.7 Å². The number of rotatable bonds is 4. The fourth-order valence-electron chi connectivity index (χ4n) is 1.58. The molecule has 0 aliphatic rings. The Morgan fingerprint density at radius 3 is 2.67 bits per heavy atom. The molecule has 6 heteroatoms. The molecule has 2 aromatic rings. The Morgan fingerprint density at radius 2 is 2.00 bits per heavy atom. The standard InChI is InChI=1S/C15H12BrFN2O2/c1-21-13-5-2-10(3-6-13)15(20)19-18-9-11-8-12(16)4-7-14(11)17/h2-9H,1H3,(H,19,20)/b18-9-. The number of amides is 1. The second-order valence-electron chi connectivity index (χ2n) is 4.09. The Kier molecular flexibility index (Phi) is 5.05. The predicted octanol–water partition coefficient (Wildman–Crippen LogP) is 3.36. The molecule has 0 radical (unpaired) electrons. The van der Waals surface area contributed by atoms with Gasteiger partial charge in [-0.25, -0.2) is 9.82 Å². The van der Waals surface area contributed by atoms with E-state index in [2.05, 4.69) is 26.5 Å². The van der Waals surface area contributed by atoms with Crippen LogP contribution in [0.5, 0.6) is 5.75 Å². The Morgan fingerprint density at radius 1 is 1.29 bits per heavy atom. The number of hydrazone groups is 1. The zero-order valence-corrected chi connectivity index (χ0v) is 12.7. The van der Waals surface area contributed by atoms with Crippen LogP contribution in [0.4, 0.5) is 4.39 Å². The van der Waals surface area contributed by atoms with Crippen LogP contribution >= 0.6 is 15.9 Å². The van der Waals surface area contributed by atoms with E-state index < -0.39 is 5.82 Å². The number of carbonyl (C=O) groups is 1. The summed E-state index contributed by atoms with van der Waals surface area (Å²) in [7, 11) is 1.55. The van der Waals surface area contributed by atoms with Crippen molar-refractivity contribution in [2.75, 3.05) is 7.11 Å². The third-order valence-electron chi connectivity index (χ3n) is 2.68. The number of nitrogens with one attached hydrogen (secondary N) is 1. The van der Waals surface area contributed by atoms with Gasteiger partial charge in [-0.15, -0.1) is 0 Å². The number of nitrogens with zero attached hydrogens (tertiary/aromatic N) is 1. The van der Waals surface area contributed by atoms with Crippen LogP contribution in [0.25, 0.3) is 0 Å². The fourth-order valence-corrected chi connectivity index (χ4v) is 1.96. The molecule has 4 nitrogen and oxygen atoms in total. The van der Waals surface area contributed by atoms with Crippen LogP contribution in [0.15, 0.2) is 52.0 Å². The van der Waals surface area contributed by atoms with Crippen LogP contribution in [-0.2, 0) is 0 Å². The summed E-state index contributed by atoms with van der Waals surface area (Å²) in [4.78, 5) is 11.8. The minimum Gasteiger partial charge on any atom is -0.497 e. The first-order valence-electron chi connectivity index (χ1n) is 6.02. The van der Waals surface area contributed by atoms with Crippen molar-refractivity contribution in [3.63, 3.8) is 0 Å². The maximum absolute atomic E-state index is 13.5. The Labute approximate surface area is 129 Å². The maximum Gasteiger partial charge on any atom is 0.271 e. The molecule has 1 amide bonds. The van der Waals surface area contributed by atoms with Crippen LogP contribution in [0.1, 0.15) is 15.9 Å². The van der Waals surface area contributed by atoms with Crippen molar-refractivity contribution >= 4 is 28.1 Å². The van der Waals surface area contributed by atoms with Crippen molar-refractivity contribution in [3.8, 4) is 5.75 Å². The molecule has 108 valence electrons. The SMILES string of the molecule is COc1ccc(C(=O)N/N=C\c2cc(Br)ccc2F)cc1. The number of halogens is 2. The molecule has 1 N–H and O–H groups in total. The lowest BCUT2D eigenvalue weighted by Gasteiger charge is -2.02. The van der Waals surface area contributed by atoms with Crippen molar-refractivity contribution in [2.45, 2.75) is 0 Å². The average Bonchev–Trinajstić information content (AvgIpc) is 2.50. The van der Waals surface area contributed by atoms with Gasteiger partial charge in [-0.1, -0.05) is 15.9 Å². The minimum absolute atomic E-state index is 0.277. The van der Waals surface area contributed by atoms with Crippen LogP contribution < -0.4 is 10.2 Å². The third kappa shape index (κ3) is 4.13. The molecule has 0 saturated heterocycles. The summed E-state index contributed by atoms with van der Waals surface area (Å²) < 4.78 is 19.2. The lowest BCUT2D eigenvalue weighted by Crippen LogP contribution is -2.17. The average molecular weight is 351 g/mol. The van der Waals surface area contributed by atoms with Gasteiger partial charge in [0.05, 0.1) is 13.3 Å². The molecule has 0 aliphatic carbocycles. The van der Waals surface area contributed by atoms with Crippen molar-refractivity contribution < 1.29 is 13.9 Å². The zero-order chi connectivity index (χ0) is 15.2. The molecule has 0 fully saturated rings. The second kappa shape index (κ2) is 6.99. The van der Waals surface area contributed by atoms with Gasteiger partial charge in [0.1, 0.15) is 11.6 Å². The van der Waals surface area contributed by atoms with Crippen LogP contribution in [0.3, 0.4) is 0 Å². The summed E-state index contributed by atoms with van der Waals surface area (Å²) in [5.74, 6) is -0.142. The number of benzene rings is 2. The Bertz CT molecular complexity index is 672. The molecule has 0 heterocycles. The lowest BCUT2D eigenvalue weighted by molar-refractivity contribution is 0.0955. The van der Waals surface area contributed by atoms with Crippen molar-refractivity contribution in [1.29, 1.82) is 0 Å². The lowest BCUT2D eigenvalue weighted by atomic mass is 10.2. The second-order valence-corrected chi connectivity index (χ2v) is 5.01. The minimum atomic E-state index is -0.416. The van der Waals surface area contributed by atoms with Gasteiger partial charge in [0, 0.05) is 15.6 Å². The molecule has 0 aliphatic heterocycles. The van der Waals surface area contributed by atoms with Gasteiger partial charge in [-0.05, 0) is 42.5 Å². The van der Waals surface area contributed by atoms with Gasteiger partial charge < -0.3 is 4.74 Å². The zero-order valence-electron chi connectivity index (χ0n) is 11.1.